The first-order chi connectivity index (χ1) is 12.4. The van der Waals surface area contributed by atoms with Crippen LogP contribution in [0.5, 0.6) is 0 Å². The predicted octanol–water partition coefficient (Wildman–Crippen LogP) is 2.06. The number of rotatable bonds is 4. The normalized spacial score (nSPS) is 32.3. The Balaban J connectivity index is 2.37. The molecule has 1 aliphatic carbocycles. The number of hydrogen-bond acceptors (Lipinski definition) is 6. The van der Waals surface area contributed by atoms with E-state index in [2.05, 4.69) is 6.58 Å². The number of ether oxygens (including phenoxy) is 2. The highest BCUT2D eigenvalue weighted by Crippen LogP contribution is 2.38. The molecule has 0 aromatic heterocycles. The second-order valence-electron chi connectivity index (χ2n) is 7.00. The zero-order valence-electron chi connectivity index (χ0n) is 15.4. The minimum absolute atomic E-state index is 0.0162. The number of carbonyl (C=O) groups is 2. The number of esters is 2. The van der Waals surface area contributed by atoms with Crippen molar-refractivity contribution in [3.8, 4) is 0 Å². The van der Waals surface area contributed by atoms with Gasteiger partial charge in [-0.25, -0.2) is 9.59 Å². The molecule has 1 heterocycles. The largest absolute Gasteiger partial charge is 0.458 e. The van der Waals surface area contributed by atoms with Gasteiger partial charge in [0.1, 0.15) is 12.2 Å². The van der Waals surface area contributed by atoms with E-state index in [9.17, 15) is 19.8 Å². The number of aliphatic hydroxyl groups excluding tert-OH is 2. The fraction of sp³-hybridized carbons (Fsp3) is 0.600. The molecule has 0 amide bonds. The summed E-state index contributed by atoms with van der Waals surface area (Å²) in [5.41, 5.74) is 1.49. The highest BCUT2D eigenvalue weighted by Gasteiger charge is 2.46. The molecule has 2 rings (SSSR count). The van der Waals surface area contributed by atoms with Crippen LogP contribution in [0.4, 0.5) is 0 Å². The standard InChI is InChI=1S/C20H28O6/c1-4-12(2)19(23)25-16-8-14(10-21)6-5-7-15(11-22)9-17-18(16)13(3)20(24)26-17/h4,6,15-18,21-22H,3,5,7-11H2,1-2H3/b12-4-,14-6+/t15-,16?,17-,18-/m1/s1. The molecule has 1 aliphatic heterocycles. The number of allylic oxidation sites excluding steroid dienone is 2. The Morgan fingerprint density at radius 3 is 2.81 bits per heavy atom. The summed E-state index contributed by atoms with van der Waals surface area (Å²) in [6.07, 6.45) is 4.68. The smallest absolute Gasteiger partial charge is 0.334 e. The molecule has 1 fully saturated rings. The highest BCUT2D eigenvalue weighted by molar-refractivity contribution is 5.91. The van der Waals surface area contributed by atoms with Crippen molar-refractivity contribution >= 4 is 11.9 Å². The summed E-state index contributed by atoms with van der Waals surface area (Å²) < 4.78 is 11.2. The van der Waals surface area contributed by atoms with Crippen LogP contribution in [0.2, 0.25) is 0 Å². The third-order valence-corrected chi connectivity index (χ3v) is 5.24. The van der Waals surface area contributed by atoms with Crippen LogP contribution in [-0.2, 0) is 19.1 Å². The van der Waals surface area contributed by atoms with Crippen LogP contribution in [0.3, 0.4) is 0 Å². The highest BCUT2D eigenvalue weighted by atomic mass is 16.6. The van der Waals surface area contributed by atoms with Gasteiger partial charge in [0.25, 0.3) is 0 Å². The van der Waals surface area contributed by atoms with Crippen molar-refractivity contribution < 1.29 is 29.3 Å². The molecular formula is C20H28O6. The predicted molar refractivity (Wildman–Crippen MR) is 96.0 cm³/mol. The summed E-state index contributed by atoms with van der Waals surface area (Å²) in [6, 6.07) is 0. The van der Waals surface area contributed by atoms with E-state index in [-0.39, 0.29) is 24.7 Å². The molecule has 26 heavy (non-hydrogen) atoms. The number of fused-ring (bicyclic) bond motifs is 1. The fourth-order valence-electron chi connectivity index (χ4n) is 3.50. The lowest BCUT2D eigenvalue weighted by Crippen LogP contribution is -2.36. The second kappa shape index (κ2) is 9.14. The molecular weight excluding hydrogens is 336 g/mol. The molecule has 6 heteroatoms. The third kappa shape index (κ3) is 4.62. The van der Waals surface area contributed by atoms with E-state index in [0.29, 0.717) is 24.8 Å². The minimum atomic E-state index is -0.655. The van der Waals surface area contributed by atoms with E-state index in [0.717, 1.165) is 12.0 Å². The number of carbonyl (C=O) groups excluding carboxylic acids is 2. The van der Waals surface area contributed by atoms with Gasteiger partial charge in [-0.15, -0.1) is 0 Å². The van der Waals surface area contributed by atoms with E-state index in [1.165, 1.54) is 0 Å². The van der Waals surface area contributed by atoms with Gasteiger partial charge >= 0.3 is 11.9 Å². The van der Waals surface area contributed by atoms with Crippen molar-refractivity contribution in [1.29, 1.82) is 0 Å². The van der Waals surface area contributed by atoms with Crippen molar-refractivity contribution in [3.05, 3.63) is 35.5 Å². The first kappa shape index (κ1) is 20.4. The van der Waals surface area contributed by atoms with Crippen LogP contribution in [0.15, 0.2) is 35.5 Å². The van der Waals surface area contributed by atoms with Crippen molar-refractivity contribution in [2.24, 2.45) is 11.8 Å². The Morgan fingerprint density at radius 2 is 2.19 bits per heavy atom. The summed E-state index contributed by atoms with van der Waals surface area (Å²) >= 11 is 0. The van der Waals surface area contributed by atoms with Crippen LogP contribution in [0.25, 0.3) is 0 Å². The molecule has 2 N–H and O–H groups in total. The summed E-state index contributed by atoms with van der Waals surface area (Å²) in [5, 5.41) is 19.3. The van der Waals surface area contributed by atoms with Gasteiger partial charge in [-0.2, -0.15) is 0 Å². The van der Waals surface area contributed by atoms with E-state index >= 15 is 0 Å². The Bertz CT molecular complexity index is 618. The van der Waals surface area contributed by atoms with Crippen molar-refractivity contribution in [2.75, 3.05) is 13.2 Å². The Hall–Kier alpha value is -1.92. The molecule has 0 aromatic rings. The monoisotopic (exact) mass is 364 g/mol. The Kier molecular flexibility index (Phi) is 7.17. The Morgan fingerprint density at radius 1 is 1.46 bits per heavy atom. The van der Waals surface area contributed by atoms with Gasteiger partial charge in [-0.1, -0.05) is 18.7 Å². The fourth-order valence-corrected chi connectivity index (χ4v) is 3.50. The summed E-state index contributed by atoms with van der Waals surface area (Å²) in [4.78, 5) is 24.4. The number of hydrogen-bond donors (Lipinski definition) is 2. The maximum atomic E-state index is 12.3. The summed E-state index contributed by atoms with van der Waals surface area (Å²) in [6.45, 7) is 7.09. The zero-order chi connectivity index (χ0) is 19.3. The maximum Gasteiger partial charge on any atom is 0.334 e. The SMILES string of the molecule is C=C1C(=O)O[C@@H]2C[C@H](CO)CC/C=C(/CO)CC(OC(=O)/C(C)=C\C)[C@@H]12. The van der Waals surface area contributed by atoms with Crippen molar-refractivity contribution in [2.45, 2.75) is 51.7 Å². The third-order valence-electron chi connectivity index (χ3n) is 5.24. The molecule has 1 unspecified atom stereocenters. The van der Waals surface area contributed by atoms with Gasteiger partial charge in [-0.05, 0) is 44.6 Å². The molecule has 2 aliphatic rings. The molecule has 0 bridgehead atoms. The van der Waals surface area contributed by atoms with Gasteiger partial charge in [0, 0.05) is 24.2 Å². The van der Waals surface area contributed by atoms with Crippen molar-refractivity contribution in [3.63, 3.8) is 0 Å². The van der Waals surface area contributed by atoms with Crippen LogP contribution in [0, 0.1) is 11.8 Å². The maximum absolute atomic E-state index is 12.3. The van der Waals surface area contributed by atoms with E-state index in [4.69, 9.17) is 9.47 Å². The zero-order valence-corrected chi connectivity index (χ0v) is 15.4. The minimum Gasteiger partial charge on any atom is -0.458 e. The van der Waals surface area contributed by atoms with E-state index in [1.54, 1.807) is 19.9 Å². The van der Waals surface area contributed by atoms with Crippen LogP contribution in [-0.4, -0.2) is 47.6 Å². The molecule has 0 radical (unpaired) electrons. The second-order valence-corrected chi connectivity index (χ2v) is 7.00. The number of aliphatic hydroxyl groups is 2. The first-order valence-corrected chi connectivity index (χ1v) is 9.04. The lowest BCUT2D eigenvalue weighted by atomic mass is 9.81. The van der Waals surface area contributed by atoms with Gasteiger partial charge in [0.05, 0.1) is 12.5 Å². The van der Waals surface area contributed by atoms with Crippen LogP contribution in [0.1, 0.15) is 39.5 Å². The lowest BCUT2D eigenvalue weighted by Gasteiger charge is -2.30. The van der Waals surface area contributed by atoms with Gasteiger partial charge in [-0.3, -0.25) is 0 Å². The van der Waals surface area contributed by atoms with Gasteiger partial charge in [0.2, 0.25) is 0 Å². The molecule has 4 atom stereocenters. The summed E-state index contributed by atoms with van der Waals surface area (Å²) in [7, 11) is 0. The van der Waals surface area contributed by atoms with Gasteiger partial charge in [0.15, 0.2) is 0 Å². The molecule has 1 saturated heterocycles. The van der Waals surface area contributed by atoms with Gasteiger partial charge < -0.3 is 19.7 Å². The Labute approximate surface area is 154 Å². The lowest BCUT2D eigenvalue weighted by molar-refractivity contribution is -0.148. The molecule has 144 valence electrons. The molecule has 0 saturated carbocycles. The quantitative estimate of drug-likeness (QED) is 0.451. The van der Waals surface area contributed by atoms with Crippen LogP contribution >= 0.6 is 0 Å². The molecule has 0 spiro atoms. The van der Waals surface area contributed by atoms with Crippen LogP contribution < -0.4 is 0 Å². The summed E-state index contributed by atoms with van der Waals surface area (Å²) in [5.74, 6) is -1.48. The van der Waals surface area contributed by atoms with Crippen molar-refractivity contribution in [1.82, 2.24) is 0 Å². The first-order valence-electron chi connectivity index (χ1n) is 9.04. The van der Waals surface area contributed by atoms with E-state index in [1.807, 2.05) is 6.08 Å². The van der Waals surface area contributed by atoms with E-state index < -0.39 is 30.1 Å². The average molecular weight is 364 g/mol. The average Bonchev–Trinajstić information content (AvgIpc) is 2.91. The molecule has 0 aromatic carbocycles. The molecule has 6 nitrogen and oxygen atoms in total. The topological polar surface area (TPSA) is 93.1 Å².